The summed E-state index contributed by atoms with van der Waals surface area (Å²) < 4.78 is 45.0. The molecule has 0 aliphatic carbocycles. The van der Waals surface area contributed by atoms with Gasteiger partial charge in [-0.25, -0.2) is 15.0 Å². The number of piperidine rings is 1. The summed E-state index contributed by atoms with van der Waals surface area (Å²) in [5, 5.41) is 3.50. The molecule has 0 atom stereocenters. The Hall–Kier alpha value is -2.63. The standard InChI is InChI=1S/C22H22ClF3N6OS/c1-34-32-8-5-15(6-9-32)29-21-27-11-16(22(24,25)26)20(30-21)17-12-31(13-28-17)18-4-2-3-14(7-10-33)19(18)23/h2-4,10-13,15H,5-9H2,1H3,(H,27,29,30). The minimum atomic E-state index is -4.65. The van der Waals surface area contributed by atoms with E-state index in [9.17, 15) is 18.0 Å². The molecule has 1 aliphatic heterocycles. The lowest BCUT2D eigenvalue weighted by atomic mass is 10.1. The Balaban J connectivity index is 1.66. The van der Waals surface area contributed by atoms with Gasteiger partial charge in [0.25, 0.3) is 0 Å². The largest absolute Gasteiger partial charge is 0.420 e. The van der Waals surface area contributed by atoms with Crippen LogP contribution >= 0.6 is 23.5 Å². The van der Waals surface area contributed by atoms with Crippen molar-refractivity contribution in [2.24, 2.45) is 0 Å². The van der Waals surface area contributed by atoms with Crippen molar-refractivity contribution in [3.05, 3.63) is 53.1 Å². The van der Waals surface area contributed by atoms with Gasteiger partial charge in [0.05, 0.1) is 10.7 Å². The lowest BCUT2D eigenvalue weighted by molar-refractivity contribution is -0.137. The molecule has 34 heavy (non-hydrogen) atoms. The first-order valence-corrected chi connectivity index (χ1v) is 12.1. The number of nitrogens with zero attached hydrogens (tertiary/aromatic N) is 5. The van der Waals surface area contributed by atoms with Crippen molar-refractivity contribution < 1.29 is 18.0 Å². The third kappa shape index (κ3) is 5.37. The lowest BCUT2D eigenvalue weighted by Gasteiger charge is -2.30. The number of aldehydes is 1. The number of nitrogens with one attached hydrogen (secondary N) is 1. The Morgan fingerprint density at radius 2 is 2.03 bits per heavy atom. The number of imidazole rings is 1. The summed E-state index contributed by atoms with van der Waals surface area (Å²) in [4.78, 5) is 23.2. The molecule has 7 nitrogen and oxygen atoms in total. The molecule has 1 N–H and O–H groups in total. The van der Waals surface area contributed by atoms with Crippen LogP contribution in [-0.4, -0.2) is 55.5 Å². The number of halogens is 4. The number of rotatable bonds is 7. The van der Waals surface area contributed by atoms with Gasteiger partial charge < -0.3 is 14.7 Å². The molecule has 4 rings (SSSR count). The first-order chi connectivity index (χ1) is 16.3. The van der Waals surface area contributed by atoms with E-state index in [1.165, 1.54) is 17.1 Å². The Morgan fingerprint density at radius 3 is 2.71 bits per heavy atom. The quantitative estimate of drug-likeness (QED) is 0.358. The summed E-state index contributed by atoms with van der Waals surface area (Å²) in [6, 6.07) is 5.20. The Morgan fingerprint density at radius 1 is 1.26 bits per heavy atom. The molecule has 0 radical (unpaired) electrons. The van der Waals surface area contributed by atoms with Crippen LogP contribution in [0.15, 0.2) is 36.9 Å². The Labute approximate surface area is 203 Å². The van der Waals surface area contributed by atoms with Gasteiger partial charge in [0, 0.05) is 37.9 Å². The maximum absolute atomic E-state index is 13.7. The molecule has 0 amide bonds. The molecule has 0 unspecified atom stereocenters. The summed E-state index contributed by atoms with van der Waals surface area (Å²) >= 11 is 8.08. The highest BCUT2D eigenvalue weighted by Crippen LogP contribution is 2.36. The fourth-order valence-electron chi connectivity index (χ4n) is 3.81. The first-order valence-electron chi connectivity index (χ1n) is 10.6. The van der Waals surface area contributed by atoms with Crippen LogP contribution in [0, 0.1) is 0 Å². The number of aromatic nitrogens is 4. The van der Waals surface area contributed by atoms with Gasteiger partial charge in [-0.05, 0) is 30.7 Å². The zero-order valence-electron chi connectivity index (χ0n) is 18.2. The number of hydrogen-bond donors (Lipinski definition) is 1. The van der Waals surface area contributed by atoms with Gasteiger partial charge >= 0.3 is 6.18 Å². The third-order valence-electron chi connectivity index (χ3n) is 5.60. The molecule has 0 saturated carbocycles. The third-order valence-corrected chi connectivity index (χ3v) is 6.92. The van der Waals surface area contributed by atoms with Crippen LogP contribution in [0.25, 0.3) is 17.1 Å². The maximum Gasteiger partial charge on any atom is 0.420 e. The second kappa shape index (κ2) is 10.3. The molecule has 3 aromatic rings. The monoisotopic (exact) mass is 510 g/mol. The molecule has 1 aliphatic rings. The van der Waals surface area contributed by atoms with E-state index in [2.05, 4.69) is 24.6 Å². The molecule has 1 fully saturated rings. The highest BCUT2D eigenvalue weighted by molar-refractivity contribution is 7.96. The molecule has 12 heteroatoms. The van der Waals surface area contributed by atoms with Gasteiger partial charge in [0.2, 0.25) is 5.95 Å². The lowest BCUT2D eigenvalue weighted by Crippen LogP contribution is -2.35. The van der Waals surface area contributed by atoms with Crippen molar-refractivity contribution in [1.29, 1.82) is 0 Å². The van der Waals surface area contributed by atoms with Crippen LogP contribution in [0.4, 0.5) is 19.1 Å². The molecular weight excluding hydrogens is 489 g/mol. The normalized spacial score (nSPS) is 15.4. The average Bonchev–Trinajstić information content (AvgIpc) is 3.30. The van der Waals surface area contributed by atoms with Crippen molar-refractivity contribution >= 4 is 35.8 Å². The fraction of sp³-hybridized carbons (Fsp3) is 0.364. The van der Waals surface area contributed by atoms with Gasteiger partial charge in [0.1, 0.15) is 29.6 Å². The number of anilines is 1. The van der Waals surface area contributed by atoms with Crippen molar-refractivity contribution in [3.63, 3.8) is 0 Å². The predicted octanol–water partition coefficient (Wildman–Crippen LogP) is 4.90. The van der Waals surface area contributed by atoms with Crippen molar-refractivity contribution in [2.75, 3.05) is 24.7 Å². The summed E-state index contributed by atoms with van der Waals surface area (Å²) in [5.74, 6) is 0.131. The van der Waals surface area contributed by atoms with Crippen LogP contribution in [0.3, 0.4) is 0 Å². The summed E-state index contributed by atoms with van der Waals surface area (Å²) in [6.45, 7) is 1.75. The van der Waals surface area contributed by atoms with Gasteiger partial charge in [-0.3, -0.25) is 4.31 Å². The van der Waals surface area contributed by atoms with Crippen LogP contribution in [0.2, 0.25) is 5.02 Å². The topological polar surface area (TPSA) is 75.9 Å². The Kier molecular flexibility index (Phi) is 7.44. The molecule has 1 aromatic carbocycles. The van der Waals surface area contributed by atoms with E-state index >= 15 is 0 Å². The van der Waals surface area contributed by atoms with Crippen molar-refractivity contribution in [3.8, 4) is 17.1 Å². The molecule has 2 aromatic heterocycles. The average molecular weight is 511 g/mol. The second-order valence-corrected chi connectivity index (χ2v) is 9.03. The van der Waals surface area contributed by atoms with E-state index in [1.54, 1.807) is 30.1 Å². The van der Waals surface area contributed by atoms with E-state index in [-0.39, 0.29) is 29.8 Å². The van der Waals surface area contributed by atoms with Crippen LogP contribution in [0.5, 0.6) is 0 Å². The van der Waals surface area contributed by atoms with Crippen molar-refractivity contribution in [2.45, 2.75) is 31.5 Å². The molecule has 0 bridgehead atoms. The van der Waals surface area contributed by atoms with Gasteiger partial charge in [0.15, 0.2) is 0 Å². The van der Waals surface area contributed by atoms with E-state index in [0.29, 0.717) is 16.3 Å². The molecule has 1 saturated heterocycles. The van der Waals surface area contributed by atoms with Crippen LogP contribution in [0.1, 0.15) is 24.0 Å². The van der Waals surface area contributed by atoms with E-state index in [1.807, 2.05) is 6.26 Å². The maximum atomic E-state index is 13.7. The molecule has 3 heterocycles. The summed E-state index contributed by atoms with van der Waals surface area (Å²) in [7, 11) is 0. The van der Waals surface area contributed by atoms with E-state index < -0.39 is 11.7 Å². The molecule has 180 valence electrons. The van der Waals surface area contributed by atoms with Gasteiger partial charge in [-0.2, -0.15) is 13.2 Å². The molecule has 0 spiro atoms. The summed E-state index contributed by atoms with van der Waals surface area (Å²) in [5.41, 5.74) is -0.138. The second-order valence-electron chi connectivity index (χ2n) is 7.77. The van der Waals surface area contributed by atoms with E-state index in [0.717, 1.165) is 38.4 Å². The highest BCUT2D eigenvalue weighted by Gasteiger charge is 2.36. The van der Waals surface area contributed by atoms with E-state index in [4.69, 9.17) is 11.6 Å². The fourth-order valence-corrected chi connectivity index (χ4v) is 4.69. The number of alkyl halides is 3. The van der Waals surface area contributed by atoms with Gasteiger partial charge in [-0.15, -0.1) is 0 Å². The first kappa shape index (κ1) is 24.5. The zero-order valence-corrected chi connectivity index (χ0v) is 19.8. The minimum absolute atomic E-state index is 0.0341. The SMILES string of the molecule is CSN1CCC(Nc2ncc(C(F)(F)F)c(-c3cn(-c4cccc(CC=O)c4Cl)cn3)n2)CC1. The number of carbonyl (C=O) groups excluding carboxylic acids is 1. The minimum Gasteiger partial charge on any atom is -0.351 e. The van der Waals surface area contributed by atoms with Crippen LogP contribution in [-0.2, 0) is 17.4 Å². The molecular formula is C22H22ClF3N6OS. The number of carbonyl (C=O) groups is 1. The van der Waals surface area contributed by atoms with Gasteiger partial charge in [-0.1, -0.05) is 35.7 Å². The Bertz CT molecular complexity index is 1160. The van der Waals surface area contributed by atoms with Crippen molar-refractivity contribution in [1.82, 2.24) is 23.8 Å². The summed E-state index contributed by atoms with van der Waals surface area (Å²) in [6.07, 6.45) is 3.50. The number of hydrogen-bond acceptors (Lipinski definition) is 7. The predicted molar refractivity (Wildman–Crippen MR) is 126 cm³/mol. The highest BCUT2D eigenvalue weighted by atomic mass is 35.5. The zero-order chi connectivity index (χ0) is 24.3. The smallest absolute Gasteiger partial charge is 0.351 e. The number of benzene rings is 1. The van der Waals surface area contributed by atoms with Crippen LogP contribution < -0.4 is 5.32 Å².